The van der Waals surface area contributed by atoms with Gasteiger partial charge >= 0.3 is 6.09 Å². The van der Waals surface area contributed by atoms with Crippen LogP contribution in [0.25, 0.3) is 0 Å². The summed E-state index contributed by atoms with van der Waals surface area (Å²) >= 11 is 0. The molecule has 0 bridgehead atoms. The van der Waals surface area contributed by atoms with E-state index in [-0.39, 0.29) is 12.5 Å². The lowest BCUT2D eigenvalue weighted by molar-refractivity contribution is 0.102. The number of nitrogens with one attached hydrogen (secondary N) is 2. The average Bonchev–Trinajstić information content (AvgIpc) is 3.73. The first-order valence-corrected chi connectivity index (χ1v) is 13.0. The first kappa shape index (κ1) is 24.8. The SMILES string of the molecule is CC[C@H]1C[C@H]1c1ccc(NC(=O)c2ccc(N3CCOCC3)c(NC(=O)OCc3ccccc3)c2)cc1. The van der Waals surface area contributed by atoms with E-state index in [1.54, 1.807) is 12.1 Å². The Morgan fingerprint density at radius 1 is 0.973 bits per heavy atom. The number of anilines is 3. The zero-order valence-electron chi connectivity index (χ0n) is 21.1. The van der Waals surface area contributed by atoms with Crippen molar-refractivity contribution in [1.29, 1.82) is 0 Å². The Morgan fingerprint density at radius 3 is 2.43 bits per heavy atom. The maximum atomic E-state index is 13.1. The second kappa shape index (κ2) is 11.5. The van der Waals surface area contributed by atoms with Crippen LogP contribution in [-0.4, -0.2) is 38.3 Å². The lowest BCUT2D eigenvalue weighted by Crippen LogP contribution is -2.37. The fourth-order valence-corrected chi connectivity index (χ4v) is 4.85. The fraction of sp³-hybridized carbons (Fsp3) is 0.333. The van der Waals surface area contributed by atoms with E-state index in [0.29, 0.717) is 43.5 Å². The van der Waals surface area contributed by atoms with E-state index in [0.717, 1.165) is 22.9 Å². The summed E-state index contributed by atoms with van der Waals surface area (Å²) in [6.07, 6.45) is 1.89. The van der Waals surface area contributed by atoms with Gasteiger partial charge in [0.2, 0.25) is 0 Å². The molecule has 3 aromatic carbocycles. The number of carbonyl (C=O) groups excluding carboxylic acids is 2. The van der Waals surface area contributed by atoms with Gasteiger partial charge in [-0.1, -0.05) is 55.8 Å². The van der Waals surface area contributed by atoms with Crippen LogP contribution in [0.3, 0.4) is 0 Å². The third kappa shape index (κ3) is 6.30. The van der Waals surface area contributed by atoms with Gasteiger partial charge in [-0.2, -0.15) is 0 Å². The molecule has 1 saturated heterocycles. The van der Waals surface area contributed by atoms with E-state index >= 15 is 0 Å². The van der Waals surface area contributed by atoms with Crippen molar-refractivity contribution in [2.24, 2.45) is 5.92 Å². The van der Waals surface area contributed by atoms with Gasteiger partial charge < -0.3 is 19.7 Å². The molecule has 2 atom stereocenters. The summed E-state index contributed by atoms with van der Waals surface area (Å²) < 4.78 is 10.9. The highest BCUT2D eigenvalue weighted by Crippen LogP contribution is 2.49. The minimum Gasteiger partial charge on any atom is -0.444 e. The molecule has 2 aliphatic rings. The lowest BCUT2D eigenvalue weighted by Gasteiger charge is -2.30. The van der Waals surface area contributed by atoms with Crippen molar-refractivity contribution >= 4 is 29.1 Å². The summed E-state index contributed by atoms with van der Waals surface area (Å²) in [6.45, 7) is 5.01. The maximum absolute atomic E-state index is 13.1. The molecule has 0 radical (unpaired) electrons. The zero-order valence-corrected chi connectivity index (χ0v) is 21.1. The quantitative estimate of drug-likeness (QED) is 0.395. The summed E-state index contributed by atoms with van der Waals surface area (Å²) in [7, 11) is 0. The number of ether oxygens (including phenoxy) is 2. The maximum Gasteiger partial charge on any atom is 0.412 e. The molecule has 7 heteroatoms. The van der Waals surface area contributed by atoms with Crippen molar-refractivity contribution in [3.05, 3.63) is 89.5 Å². The van der Waals surface area contributed by atoms with Gasteiger partial charge in [0.15, 0.2) is 0 Å². The van der Waals surface area contributed by atoms with Gasteiger partial charge in [-0.3, -0.25) is 10.1 Å². The molecule has 192 valence electrons. The third-order valence-corrected chi connectivity index (χ3v) is 7.10. The molecular weight excluding hydrogens is 466 g/mol. The molecule has 0 spiro atoms. The number of amides is 2. The largest absolute Gasteiger partial charge is 0.444 e. The number of carbonyl (C=O) groups is 2. The third-order valence-electron chi connectivity index (χ3n) is 7.10. The minimum atomic E-state index is -0.572. The number of rotatable bonds is 8. The number of benzene rings is 3. The van der Waals surface area contributed by atoms with E-state index in [1.807, 2.05) is 48.5 Å². The molecule has 2 fully saturated rings. The minimum absolute atomic E-state index is 0.162. The molecular formula is C30H33N3O4. The van der Waals surface area contributed by atoms with Gasteiger partial charge in [0, 0.05) is 24.3 Å². The summed E-state index contributed by atoms with van der Waals surface area (Å²) in [4.78, 5) is 27.9. The summed E-state index contributed by atoms with van der Waals surface area (Å²) in [5.41, 5.74) is 4.79. The Labute approximate surface area is 217 Å². The number of hydrogen-bond acceptors (Lipinski definition) is 5. The van der Waals surface area contributed by atoms with Crippen LogP contribution in [0, 0.1) is 5.92 Å². The predicted molar refractivity (Wildman–Crippen MR) is 145 cm³/mol. The van der Waals surface area contributed by atoms with Crippen LogP contribution in [0.4, 0.5) is 21.9 Å². The highest BCUT2D eigenvalue weighted by Gasteiger charge is 2.36. The van der Waals surface area contributed by atoms with Crippen LogP contribution in [0.2, 0.25) is 0 Å². The molecule has 0 unspecified atom stereocenters. The average molecular weight is 500 g/mol. The number of morpholine rings is 1. The summed E-state index contributed by atoms with van der Waals surface area (Å²) in [5.74, 6) is 1.20. The van der Waals surface area contributed by atoms with E-state index in [2.05, 4.69) is 34.6 Å². The van der Waals surface area contributed by atoms with Crippen LogP contribution < -0.4 is 15.5 Å². The molecule has 37 heavy (non-hydrogen) atoms. The van der Waals surface area contributed by atoms with Crippen molar-refractivity contribution in [3.8, 4) is 0 Å². The van der Waals surface area contributed by atoms with Crippen molar-refractivity contribution in [2.75, 3.05) is 41.8 Å². The molecule has 1 aliphatic carbocycles. The zero-order chi connectivity index (χ0) is 25.6. The van der Waals surface area contributed by atoms with Crippen LogP contribution in [0.1, 0.15) is 47.2 Å². The van der Waals surface area contributed by atoms with E-state index in [4.69, 9.17) is 9.47 Å². The summed E-state index contributed by atoms with van der Waals surface area (Å²) in [5, 5.41) is 5.83. The fourth-order valence-electron chi connectivity index (χ4n) is 4.85. The van der Waals surface area contributed by atoms with Gasteiger partial charge in [-0.25, -0.2) is 4.79 Å². The Bertz CT molecular complexity index is 1220. The first-order chi connectivity index (χ1) is 18.1. The molecule has 1 aliphatic heterocycles. The van der Waals surface area contributed by atoms with Crippen molar-refractivity contribution in [3.63, 3.8) is 0 Å². The standard InChI is InChI=1S/C30H33N3O4/c1-2-22-18-26(22)23-8-11-25(12-9-23)31-29(34)24-10-13-28(33-14-16-36-17-15-33)27(19-24)32-30(35)37-20-21-6-4-3-5-7-21/h3-13,19,22,26H,2,14-18,20H2,1H3,(H,31,34)(H,32,35)/t22-,26+/m0/s1. The Hall–Kier alpha value is -3.84. The van der Waals surface area contributed by atoms with E-state index < -0.39 is 6.09 Å². The Balaban J connectivity index is 1.29. The topological polar surface area (TPSA) is 79.9 Å². The van der Waals surface area contributed by atoms with E-state index in [9.17, 15) is 9.59 Å². The first-order valence-electron chi connectivity index (χ1n) is 13.0. The van der Waals surface area contributed by atoms with Gasteiger partial charge in [0.1, 0.15) is 6.61 Å². The molecule has 7 nitrogen and oxygen atoms in total. The Morgan fingerprint density at radius 2 is 1.73 bits per heavy atom. The van der Waals surface area contributed by atoms with Crippen molar-refractivity contribution in [2.45, 2.75) is 32.3 Å². The number of hydrogen-bond donors (Lipinski definition) is 2. The predicted octanol–water partition coefficient (Wildman–Crippen LogP) is 6.04. The molecule has 0 aromatic heterocycles. The van der Waals surface area contributed by atoms with Gasteiger partial charge in [-0.15, -0.1) is 0 Å². The molecule has 2 N–H and O–H groups in total. The Kier molecular flexibility index (Phi) is 7.70. The van der Waals surface area contributed by atoms with Crippen molar-refractivity contribution < 1.29 is 19.1 Å². The highest BCUT2D eigenvalue weighted by molar-refractivity contribution is 6.06. The molecule has 2 amide bonds. The molecule has 1 saturated carbocycles. The molecule has 3 aromatic rings. The lowest BCUT2D eigenvalue weighted by atomic mass is 10.1. The van der Waals surface area contributed by atoms with Gasteiger partial charge in [0.25, 0.3) is 5.91 Å². The van der Waals surface area contributed by atoms with Crippen LogP contribution in [-0.2, 0) is 16.1 Å². The van der Waals surface area contributed by atoms with E-state index in [1.165, 1.54) is 18.4 Å². The smallest absolute Gasteiger partial charge is 0.412 e. The number of nitrogens with zero attached hydrogens (tertiary/aromatic N) is 1. The van der Waals surface area contributed by atoms with Crippen molar-refractivity contribution in [1.82, 2.24) is 0 Å². The highest BCUT2D eigenvalue weighted by atomic mass is 16.5. The molecule has 5 rings (SSSR count). The second-order valence-corrected chi connectivity index (χ2v) is 9.60. The second-order valence-electron chi connectivity index (χ2n) is 9.60. The van der Waals surface area contributed by atoms with Crippen LogP contribution >= 0.6 is 0 Å². The van der Waals surface area contributed by atoms with Gasteiger partial charge in [0.05, 0.1) is 24.6 Å². The monoisotopic (exact) mass is 499 g/mol. The summed E-state index contributed by atoms with van der Waals surface area (Å²) in [6, 6.07) is 23.0. The van der Waals surface area contributed by atoms with Crippen LogP contribution in [0.15, 0.2) is 72.8 Å². The van der Waals surface area contributed by atoms with Crippen LogP contribution in [0.5, 0.6) is 0 Å². The van der Waals surface area contributed by atoms with Gasteiger partial charge in [-0.05, 0) is 59.7 Å². The molecule has 1 heterocycles. The normalized spacial score (nSPS) is 18.7.